The quantitative estimate of drug-likeness (QED) is 0.647. The average molecular weight is 295 g/mol. The van der Waals surface area contributed by atoms with Crippen LogP contribution >= 0.6 is 11.8 Å². The van der Waals surface area contributed by atoms with Gasteiger partial charge >= 0.3 is 5.97 Å². The van der Waals surface area contributed by atoms with Crippen LogP contribution in [-0.2, 0) is 14.3 Å². The molecule has 2 atom stereocenters. The summed E-state index contributed by atoms with van der Waals surface area (Å²) in [6, 6.07) is 7.93. The number of likely N-dealkylation sites (N-methyl/N-ethyl adjacent to an activating group) is 1. The smallest absolute Gasteiger partial charge is 0.319 e. The van der Waals surface area contributed by atoms with Crippen molar-refractivity contribution < 1.29 is 14.3 Å². The van der Waals surface area contributed by atoms with E-state index in [0.717, 1.165) is 4.90 Å². The van der Waals surface area contributed by atoms with Crippen LogP contribution in [0.3, 0.4) is 0 Å². The van der Waals surface area contributed by atoms with Crippen molar-refractivity contribution in [2.24, 2.45) is 0 Å². The molecule has 0 aliphatic carbocycles. The Morgan fingerprint density at radius 1 is 1.25 bits per heavy atom. The van der Waals surface area contributed by atoms with E-state index < -0.39 is 6.10 Å². The fraction of sp³-hybridized carbons (Fsp3) is 0.467. The molecule has 1 aromatic rings. The summed E-state index contributed by atoms with van der Waals surface area (Å²) in [5, 5.41) is 2.27. The number of rotatable bonds is 6. The van der Waals surface area contributed by atoms with Gasteiger partial charge in [0.1, 0.15) is 5.25 Å². The molecule has 0 aliphatic heterocycles. The Hall–Kier alpha value is -1.49. The lowest BCUT2D eigenvalue weighted by molar-refractivity contribution is -0.153. The number of thioether (sulfide) groups is 1. The SMILES string of the molecule is CCNC(=O)[C@H](C)OC(=O)[C@H](C)Sc1ccc(C)cc1. The van der Waals surface area contributed by atoms with Crippen molar-refractivity contribution in [1.29, 1.82) is 0 Å². The summed E-state index contributed by atoms with van der Waals surface area (Å²) in [7, 11) is 0. The van der Waals surface area contributed by atoms with Crippen LogP contribution in [0, 0.1) is 6.92 Å². The van der Waals surface area contributed by atoms with Crippen LogP contribution in [-0.4, -0.2) is 29.8 Å². The van der Waals surface area contributed by atoms with Crippen molar-refractivity contribution in [3.8, 4) is 0 Å². The molecule has 20 heavy (non-hydrogen) atoms. The molecule has 1 N–H and O–H groups in total. The number of esters is 1. The summed E-state index contributed by atoms with van der Waals surface area (Å²) < 4.78 is 5.15. The van der Waals surface area contributed by atoms with Crippen LogP contribution in [0.25, 0.3) is 0 Å². The van der Waals surface area contributed by atoms with Crippen LogP contribution in [0.4, 0.5) is 0 Å². The van der Waals surface area contributed by atoms with Gasteiger partial charge in [-0.15, -0.1) is 11.8 Å². The molecule has 0 saturated carbocycles. The first-order valence-corrected chi connectivity index (χ1v) is 7.53. The first kappa shape index (κ1) is 16.6. The summed E-state index contributed by atoms with van der Waals surface area (Å²) in [6.45, 7) is 7.71. The predicted molar refractivity (Wildman–Crippen MR) is 80.7 cm³/mol. The molecule has 0 radical (unpaired) electrons. The molecule has 110 valence electrons. The van der Waals surface area contributed by atoms with Crippen LogP contribution in [0.2, 0.25) is 0 Å². The predicted octanol–water partition coefficient (Wildman–Crippen LogP) is 2.54. The number of amides is 1. The molecule has 5 heteroatoms. The van der Waals surface area contributed by atoms with Gasteiger partial charge < -0.3 is 10.1 Å². The van der Waals surface area contributed by atoms with E-state index >= 15 is 0 Å². The second kappa shape index (κ2) is 7.94. The molecule has 1 amide bonds. The second-order valence-electron chi connectivity index (χ2n) is 4.55. The maximum absolute atomic E-state index is 11.9. The third-order valence-electron chi connectivity index (χ3n) is 2.68. The molecule has 4 nitrogen and oxygen atoms in total. The standard InChI is InChI=1S/C15H21NO3S/c1-5-16-14(17)11(3)19-15(18)12(4)20-13-8-6-10(2)7-9-13/h6-9,11-12H,5H2,1-4H3,(H,16,17)/t11-,12-/m0/s1. The van der Waals surface area contributed by atoms with E-state index in [4.69, 9.17) is 4.74 Å². The number of ether oxygens (including phenoxy) is 1. The fourth-order valence-electron chi connectivity index (χ4n) is 1.51. The monoisotopic (exact) mass is 295 g/mol. The summed E-state index contributed by atoms with van der Waals surface area (Å²) >= 11 is 1.42. The Bertz CT molecular complexity index is 459. The zero-order chi connectivity index (χ0) is 15.1. The molecule has 0 aliphatic rings. The van der Waals surface area contributed by atoms with Gasteiger partial charge in [-0.3, -0.25) is 9.59 Å². The first-order chi connectivity index (χ1) is 9.43. The minimum absolute atomic E-state index is 0.270. The van der Waals surface area contributed by atoms with Gasteiger partial charge in [-0.1, -0.05) is 17.7 Å². The van der Waals surface area contributed by atoms with Crippen molar-refractivity contribution in [2.75, 3.05) is 6.54 Å². The zero-order valence-electron chi connectivity index (χ0n) is 12.3. The maximum atomic E-state index is 11.9. The third kappa shape index (κ3) is 5.25. The van der Waals surface area contributed by atoms with Crippen LogP contribution < -0.4 is 5.32 Å². The van der Waals surface area contributed by atoms with E-state index in [0.29, 0.717) is 6.54 Å². The van der Waals surface area contributed by atoms with Gasteiger partial charge in [-0.05, 0) is 39.8 Å². The third-order valence-corrected chi connectivity index (χ3v) is 3.77. The average Bonchev–Trinajstić information content (AvgIpc) is 2.41. The lowest BCUT2D eigenvalue weighted by Crippen LogP contribution is -2.37. The number of carbonyl (C=O) groups excluding carboxylic acids is 2. The van der Waals surface area contributed by atoms with Gasteiger partial charge in [0, 0.05) is 11.4 Å². The number of benzene rings is 1. The molecular weight excluding hydrogens is 274 g/mol. The van der Waals surface area contributed by atoms with Gasteiger partial charge in [0.15, 0.2) is 6.10 Å². The largest absolute Gasteiger partial charge is 0.452 e. The minimum Gasteiger partial charge on any atom is -0.452 e. The van der Waals surface area contributed by atoms with Crippen LogP contribution in [0.1, 0.15) is 26.3 Å². The van der Waals surface area contributed by atoms with Gasteiger partial charge in [0.2, 0.25) is 0 Å². The Kier molecular flexibility index (Phi) is 6.58. The number of carbonyl (C=O) groups is 2. The normalized spacial score (nSPS) is 13.4. The Balaban J connectivity index is 2.50. The van der Waals surface area contributed by atoms with E-state index in [1.54, 1.807) is 13.8 Å². The second-order valence-corrected chi connectivity index (χ2v) is 5.96. The fourth-order valence-corrected chi connectivity index (χ4v) is 2.36. The molecule has 0 fully saturated rings. The highest BCUT2D eigenvalue weighted by molar-refractivity contribution is 8.00. The van der Waals surface area contributed by atoms with Crippen molar-refractivity contribution in [1.82, 2.24) is 5.32 Å². The Morgan fingerprint density at radius 2 is 1.85 bits per heavy atom. The highest BCUT2D eigenvalue weighted by Gasteiger charge is 2.22. The molecule has 0 spiro atoms. The highest BCUT2D eigenvalue weighted by atomic mass is 32.2. The summed E-state index contributed by atoms with van der Waals surface area (Å²) in [5.74, 6) is -0.650. The number of aryl methyl sites for hydroxylation is 1. The molecule has 1 aromatic carbocycles. The number of hydrogen-bond acceptors (Lipinski definition) is 4. The van der Waals surface area contributed by atoms with E-state index in [1.165, 1.54) is 17.3 Å². The minimum atomic E-state index is -0.761. The molecule has 0 heterocycles. The van der Waals surface area contributed by atoms with E-state index in [1.807, 2.05) is 38.1 Å². The molecule has 0 aromatic heterocycles. The van der Waals surface area contributed by atoms with Crippen molar-refractivity contribution in [3.05, 3.63) is 29.8 Å². The Labute approximate surface area is 124 Å². The lowest BCUT2D eigenvalue weighted by Gasteiger charge is -2.16. The van der Waals surface area contributed by atoms with E-state index in [2.05, 4.69) is 5.32 Å². The van der Waals surface area contributed by atoms with Crippen molar-refractivity contribution >= 4 is 23.6 Å². The van der Waals surface area contributed by atoms with Crippen LogP contribution in [0.5, 0.6) is 0 Å². The summed E-state index contributed by atoms with van der Waals surface area (Å²) in [6.07, 6.45) is -0.761. The van der Waals surface area contributed by atoms with Crippen molar-refractivity contribution in [2.45, 2.75) is 43.9 Å². The van der Waals surface area contributed by atoms with Gasteiger partial charge in [0.05, 0.1) is 0 Å². The first-order valence-electron chi connectivity index (χ1n) is 6.65. The number of hydrogen-bond donors (Lipinski definition) is 1. The maximum Gasteiger partial charge on any atom is 0.319 e. The lowest BCUT2D eigenvalue weighted by atomic mass is 10.2. The van der Waals surface area contributed by atoms with E-state index in [9.17, 15) is 9.59 Å². The molecule has 1 rings (SSSR count). The Morgan fingerprint density at radius 3 is 2.40 bits per heavy atom. The zero-order valence-corrected chi connectivity index (χ0v) is 13.1. The highest BCUT2D eigenvalue weighted by Crippen LogP contribution is 2.24. The van der Waals surface area contributed by atoms with Gasteiger partial charge in [-0.2, -0.15) is 0 Å². The van der Waals surface area contributed by atoms with Crippen LogP contribution in [0.15, 0.2) is 29.2 Å². The molecular formula is C15H21NO3S. The van der Waals surface area contributed by atoms with Gasteiger partial charge in [-0.25, -0.2) is 0 Å². The topological polar surface area (TPSA) is 55.4 Å². The molecule has 0 saturated heterocycles. The van der Waals surface area contributed by atoms with Gasteiger partial charge in [0.25, 0.3) is 5.91 Å². The van der Waals surface area contributed by atoms with E-state index in [-0.39, 0.29) is 17.1 Å². The summed E-state index contributed by atoms with van der Waals surface area (Å²) in [5.41, 5.74) is 1.18. The number of nitrogens with one attached hydrogen (secondary N) is 1. The summed E-state index contributed by atoms with van der Waals surface area (Å²) in [4.78, 5) is 24.4. The molecule has 0 unspecified atom stereocenters. The van der Waals surface area contributed by atoms with Crippen molar-refractivity contribution in [3.63, 3.8) is 0 Å². The molecule has 0 bridgehead atoms.